The molecule has 0 spiro atoms. The fourth-order valence-corrected chi connectivity index (χ4v) is 3.47. The van der Waals surface area contributed by atoms with Crippen molar-refractivity contribution in [3.8, 4) is 28.8 Å². The van der Waals surface area contributed by atoms with E-state index in [-0.39, 0.29) is 12.1 Å². The third-order valence-electron chi connectivity index (χ3n) is 5.19. The molecule has 0 fully saturated rings. The van der Waals surface area contributed by atoms with E-state index in [1.807, 2.05) is 91.0 Å². The summed E-state index contributed by atoms with van der Waals surface area (Å²) in [7, 11) is 0. The van der Waals surface area contributed by atoms with E-state index in [9.17, 15) is 10.1 Å². The zero-order chi connectivity index (χ0) is 24.5. The van der Waals surface area contributed by atoms with Gasteiger partial charge in [-0.1, -0.05) is 66.7 Å². The molecule has 0 saturated heterocycles. The van der Waals surface area contributed by atoms with Crippen molar-refractivity contribution in [2.24, 2.45) is 0 Å². The Kier molecular flexibility index (Phi) is 7.52. The lowest BCUT2D eigenvalue weighted by Gasteiger charge is -2.08. The van der Waals surface area contributed by atoms with Crippen molar-refractivity contribution in [2.75, 3.05) is 6.54 Å². The van der Waals surface area contributed by atoms with Crippen molar-refractivity contribution in [2.45, 2.75) is 6.61 Å². The van der Waals surface area contributed by atoms with Gasteiger partial charge in [0.2, 0.25) is 0 Å². The molecule has 4 aromatic rings. The summed E-state index contributed by atoms with van der Waals surface area (Å²) in [6.45, 7) is 4.31. The van der Waals surface area contributed by atoms with Gasteiger partial charge in [0.05, 0.1) is 5.69 Å². The molecule has 0 aliphatic heterocycles. The fraction of sp³-hybridized carbons (Fsp3) is 0.0690. The number of ether oxygens (including phenoxy) is 1. The summed E-state index contributed by atoms with van der Waals surface area (Å²) in [6.07, 6.45) is 4.92. The average Bonchev–Trinajstić information content (AvgIpc) is 3.34. The number of rotatable bonds is 9. The van der Waals surface area contributed by atoms with Crippen LogP contribution in [-0.4, -0.2) is 22.2 Å². The van der Waals surface area contributed by atoms with Gasteiger partial charge in [-0.2, -0.15) is 10.4 Å². The molecule has 0 aliphatic rings. The predicted octanol–water partition coefficient (Wildman–Crippen LogP) is 5.33. The maximum atomic E-state index is 12.4. The summed E-state index contributed by atoms with van der Waals surface area (Å²) in [5.41, 5.74) is 3.98. The lowest BCUT2D eigenvalue weighted by atomic mass is 10.1. The molecular formula is C29H24N4O2. The Morgan fingerprint density at radius 2 is 1.80 bits per heavy atom. The number of nitriles is 1. The van der Waals surface area contributed by atoms with Crippen LogP contribution in [0.15, 0.2) is 109 Å². The van der Waals surface area contributed by atoms with Crippen molar-refractivity contribution in [3.63, 3.8) is 0 Å². The van der Waals surface area contributed by atoms with Crippen LogP contribution in [-0.2, 0) is 11.4 Å². The van der Waals surface area contributed by atoms with Gasteiger partial charge in [-0.25, -0.2) is 4.68 Å². The Hall–Kier alpha value is -4.89. The smallest absolute Gasteiger partial charge is 0.262 e. The zero-order valence-electron chi connectivity index (χ0n) is 19.1. The van der Waals surface area contributed by atoms with E-state index in [4.69, 9.17) is 9.84 Å². The Bertz CT molecular complexity index is 1380. The van der Waals surface area contributed by atoms with Gasteiger partial charge in [-0.3, -0.25) is 4.79 Å². The number of amides is 1. The molecule has 0 unspecified atom stereocenters. The monoisotopic (exact) mass is 460 g/mol. The van der Waals surface area contributed by atoms with E-state index in [2.05, 4.69) is 11.9 Å². The molecule has 172 valence electrons. The Balaban J connectivity index is 1.71. The Morgan fingerprint density at radius 1 is 1.06 bits per heavy atom. The highest BCUT2D eigenvalue weighted by atomic mass is 16.5. The maximum Gasteiger partial charge on any atom is 0.262 e. The molecule has 0 aliphatic carbocycles. The van der Waals surface area contributed by atoms with Gasteiger partial charge in [-0.05, 0) is 35.9 Å². The summed E-state index contributed by atoms with van der Waals surface area (Å²) < 4.78 is 7.73. The minimum absolute atomic E-state index is 0.0165. The number of carbonyl (C=O) groups is 1. The molecule has 6 nitrogen and oxygen atoms in total. The fourth-order valence-electron chi connectivity index (χ4n) is 3.47. The summed E-state index contributed by atoms with van der Waals surface area (Å²) in [6, 6.07) is 29.2. The minimum atomic E-state index is -0.467. The van der Waals surface area contributed by atoms with E-state index in [1.54, 1.807) is 23.0 Å². The first-order chi connectivity index (χ1) is 17.2. The lowest BCUT2D eigenvalue weighted by molar-refractivity contribution is -0.116. The predicted molar refractivity (Wildman–Crippen MR) is 137 cm³/mol. The molecule has 4 rings (SSSR count). The van der Waals surface area contributed by atoms with Crippen LogP contribution in [0.3, 0.4) is 0 Å². The molecule has 0 bridgehead atoms. The molecule has 6 heteroatoms. The topological polar surface area (TPSA) is 79.9 Å². The van der Waals surface area contributed by atoms with Crippen molar-refractivity contribution in [1.29, 1.82) is 5.26 Å². The van der Waals surface area contributed by atoms with E-state index in [1.165, 1.54) is 0 Å². The highest BCUT2D eigenvalue weighted by Crippen LogP contribution is 2.29. The van der Waals surface area contributed by atoms with Crippen LogP contribution in [0.2, 0.25) is 0 Å². The molecule has 1 amide bonds. The summed E-state index contributed by atoms with van der Waals surface area (Å²) >= 11 is 0. The Morgan fingerprint density at radius 3 is 2.51 bits per heavy atom. The van der Waals surface area contributed by atoms with E-state index in [0.717, 1.165) is 16.8 Å². The maximum absolute atomic E-state index is 12.4. The van der Waals surface area contributed by atoms with Crippen molar-refractivity contribution in [1.82, 2.24) is 15.1 Å². The third-order valence-corrected chi connectivity index (χ3v) is 5.19. The highest BCUT2D eigenvalue weighted by molar-refractivity contribution is 6.02. The lowest BCUT2D eigenvalue weighted by Crippen LogP contribution is -2.24. The number of aromatic nitrogens is 2. The molecule has 35 heavy (non-hydrogen) atoms. The highest BCUT2D eigenvalue weighted by Gasteiger charge is 2.15. The van der Waals surface area contributed by atoms with Gasteiger partial charge in [0.25, 0.3) is 5.91 Å². The largest absolute Gasteiger partial charge is 0.489 e. The number of hydrogen-bond acceptors (Lipinski definition) is 4. The second-order valence-corrected chi connectivity index (χ2v) is 7.68. The number of nitrogens with zero attached hydrogens (tertiary/aromatic N) is 3. The quantitative estimate of drug-likeness (QED) is 0.208. The van der Waals surface area contributed by atoms with Gasteiger partial charge in [0.1, 0.15) is 29.7 Å². The summed E-state index contributed by atoms with van der Waals surface area (Å²) in [5.74, 6) is 0.227. The molecule has 0 atom stereocenters. The van der Waals surface area contributed by atoms with Crippen molar-refractivity contribution >= 4 is 12.0 Å². The van der Waals surface area contributed by atoms with Gasteiger partial charge in [0, 0.05) is 23.9 Å². The number of benzene rings is 3. The van der Waals surface area contributed by atoms with Gasteiger partial charge < -0.3 is 10.1 Å². The summed E-state index contributed by atoms with van der Waals surface area (Å²) in [5, 5.41) is 17.0. The van der Waals surface area contributed by atoms with Crippen LogP contribution in [0.1, 0.15) is 11.1 Å². The zero-order valence-corrected chi connectivity index (χ0v) is 19.1. The normalized spacial score (nSPS) is 10.9. The average molecular weight is 461 g/mol. The third kappa shape index (κ3) is 5.92. The van der Waals surface area contributed by atoms with Crippen LogP contribution < -0.4 is 10.1 Å². The van der Waals surface area contributed by atoms with E-state index >= 15 is 0 Å². The molecular weight excluding hydrogens is 436 g/mol. The van der Waals surface area contributed by atoms with E-state index in [0.29, 0.717) is 23.6 Å². The standard InChI is InChI=1S/C29H24N4O2/c1-2-16-31-29(34)24(19-30)17-25-20-33(26-13-7-4-8-14-26)32-28(25)23-12-9-15-27(18-23)35-21-22-10-5-3-6-11-22/h2-15,17-18,20H,1,16,21H2,(H,31,34)/b24-17-. The number of carbonyl (C=O) groups excluding carboxylic acids is 1. The second kappa shape index (κ2) is 11.3. The first kappa shape index (κ1) is 23.3. The molecule has 1 heterocycles. The molecule has 3 aromatic carbocycles. The van der Waals surface area contributed by atoms with Gasteiger partial charge in [-0.15, -0.1) is 6.58 Å². The van der Waals surface area contributed by atoms with Crippen LogP contribution in [0.5, 0.6) is 5.75 Å². The number of hydrogen-bond donors (Lipinski definition) is 1. The van der Waals surface area contributed by atoms with Crippen LogP contribution in [0, 0.1) is 11.3 Å². The van der Waals surface area contributed by atoms with Crippen LogP contribution in [0.4, 0.5) is 0 Å². The number of para-hydroxylation sites is 1. The molecule has 0 radical (unpaired) electrons. The van der Waals surface area contributed by atoms with Crippen LogP contribution >= 0.6 is 0 Å². The van der Waals surface area contributed by atoms with Gasteiger partial charge in [0.15, 0.2) is 0 Å². The Labute approximate surface area is 204 Å². The first-order valence-corrected chi connectivity index (χ1v) is 11.1. The number of nitrogens with one attached hydrogen (secondary N) is 1. The minimum Gasteiger partial charge on any atom is -0.489 e. The molecule has 1 aromatic heterocycles. The summed E-state index contributed by atoms with van der Waals surface area (Å²) in [4.78, 5) is 12.4. The van der Waals surface area contributed by atoms with E-state index < -0.39 is 5.91 Å². The SMILES string of the molecule is C=CCNC(=O)/C(C#N)=C\c1cn(-c2ccccc2)nc1-c1cccc(OCc2ccccc2)c1. The molecule has 0 saturated carbocycles. The second-order valence-electron chi connectivity index (χ2n) is 7.68. The van der Waals surface area contributed by atoms with Crippen molar-refractivity contribution < 1.29 is 9.53 Å². The van der Waals surface area contributed by atoms with Crippen LogP contribution in [0.25, 0.3) is 23.0 Å². The van der Waals surface area contributed by atoms with Gasteiger partial charge >= 0.3 is 0 Å². The molecule has 1 N–H and O–H groups in total. The van der Waals surface area contributed by atoms with Crippen molar-refractivity contribution in [3.05, 3.63) is 120 Å². The first-order valence-electron chi connectivity index (χ1n) is 11.1.